The highest BCUT2D eigenvalue weighted by atomic mass is 16.5. The number of nitrogens with one attached hydrogen (secondary N) is 1. The first kappa shape index (κ1) is 22.4. The molecule has 1 aromatic carbocycles. The fourth-order valence-electron chi connectivity index (χ4n) is 3.62. The van der Waals surface area contributed by atoms with Gasteiger partial charge in [-0.1, -0.05) is 6.07 Å². The van der Waals surface area contributed by atoms with Gasteiger partial charge in [-0.05, 0) is 67.8 Å². The van der Waals surface area contributed by atoms with Gasteiger partial charge in [0.05, 0.1) is 42.2 Å². The highest BCUT2D eigenvalue weighted by Gasteiger charge is 2.23. The van der Waals surface area contributed by atoms with Gasteiger partial charge in [-0.15, -0.1) is 0 Å². The third-order valence-electron chi connectivity index (χ3n) is 5.72. The highest BCUT2D eigenvalue weighted by molar-refractivity contribution is 6.04. The molecule has 0 bridgehead atoms. The van der Waals surface area contributed by atoms with Crippen molar-refractivity contribution < 1.29 is 9.53 Å². The molecule has 1 aliphatic heterocycles. The quantitative estimate of drug-likeness (QED) is 0.642. The summed E-state index contributed by atoms with van der Waals surface area (Å²) < 4.78 is 5.44. The van der Waals surface area contributed by atoms with Crippen molar-refractivity contribution in [2.75, 3.05) is 36.5 Å². The van der Waals surface area contributed by atoms with Crippen molar-refractivity contribution in [2.24, 2.45) is 0 Å². The Balaban J connectivity index is 1.58. The molecule has 0 spiro atoms. The van der Waals surface area contributed by atoms with Crippen LogP contribution in [0.2, 0.25) is 0 Å². The molecule has 1 N–H and O–H groups in total. The smallest absolute Gasteiger partial charge is 0.257 e. The first-order chi connectivity index (χ1) is 15.9. The largest absolute Gasteiger partial charge is 0.378 e. The van der Waals surface area contributed by atoms with E-state index in [-0.39, 0.29) is 5.91 Å². The molecule has 8 nitrogen and oxygen atoms in total. The van der Waals surface area contributed by atoms with Crippen molar-refractivity contribution in [1.82, 2.24) is 15.2 Å². The molecule has 1 amide bonds. The number of hydrogen-bond donors (Lipinski definition) is 1. The predicted octanol–water partition coefficient (Wildman–Crippen LogP) is 3.74. The highest BCUT2D eigenvalue weighted by Crippen LogP contribution is 2.29. The molecule has 1 aliphatic rings. The molecule has 2 aromatic heterocycles. The lowest BCUT2D eigenvalue weighted by atomic mass is 9.90. The molecule has 0 atom stereocenters. The van der Waals surface area contributed by atoms with E-state index >= 15 is 0 Å². The van der Waals surface area contributed by atoms with Crippen LogP contribution in [0.4, 0.5) is 11.5 Å². The molecule has 33 heavy (non-hydrogen) atoms. The second-order valence-electron chi connectivity index (χ2n) is 8.55. The molecular formula is C25H26N6O2. The minimum Gasteiger partial charge on any atom is -0.378 e. The summed E-state index contributed by atoms with van der Waals surface area (Å²) in [6.07, 6.45) is 3.21. The number of nitrogens with zero attached hydrogens (tertiary/aromatic N) is 5. The maximum Gasteiger partial charge on any atom is 0.257 e. The number of hydrogen-bond acceptors (Lipinski definition) is 7. The SMILES string of the molecule is Cc1ccc(NC(=O)c2cnnc(C(C)(C)C#N)c2)cc1-c1ccnc(N2CCOCC2)c1. The minimum atomic E-state index is -0.833. The van der Waals surface area contributed by atoms with Gasteiger partial charge in [-0.3, -0.25) is 4.79 Å². The molecule has 1 saturated heterocycles. The number of carbonyl (C=O) groups excluding carboxylic acids is 1. The molecular weight excluding hydrogens is 416 g/mol. The molecule has 0 aliphatic carbocycles. The van der Waals surface area contributed by atoms with Crippen molar-refractivity contribution in [3.63, 3.8) is 0 Å². The number of aryl methyl sites for hydroxylation is 1. The van der Waals surface area contributed by atoms with Gasteiger partial charge in [0.15, 0.2) is 0 Å². The van der Waals surface area contributed by atoms with Gasteiger partial charge in [-0.2, -0.15) is 15.5 Å². The molecule has 0 radical (unpaired) electrons. The van der Waals surface area contributed by atoms with Gasteiger partial charge in [-0.25, -0.2) is 4.98 Å². The third-order valence-corrected chi connectivity index (χ3v) is 5.72. The van der Waals surface area contributed by atoms with Gasteiger partial charge >= 0.3 is 0 Å². The molecule has 168 valence electrons. The number of rotatable bonds is 5. The number of pyridine rings is 1. The molecule has 0 saturated carbocycles. The predicted molar refractivity (Wildman–Crippen MR) is 126 cm³/mol. The lowest BCUT2D eigenvalue weighted by Crippen LogP contribution is -2.36. The van der Waals surface area contributed by atoms with Crippen LogP contribution in [0.3, 0.4) is 0 Å². The van der Waals surface area contributed by atoms with E-state index in [0.717, 1.165) is 35.6 Å². The van der Waals surface area contributed by atoms with Crippen molar-refractivity contribution in [3.05, 3.63) is 65.6 Å². The Hall–Kier alpha value is -3.83. The van der Waals surface area contributed by atoms with E-state index in [1.807, 2.05) is 37.4 Å². The Kier molecular flexibility index (Phi) is 6.33. The summed E-state index contributed by atoms with van der Waals surface area (Å²) >= 11 is 0. The van der Waals surface area contributed by atoms with Gasteiger partial charge in [0.1, 0.15) is 5.82 Å². The average molecular weight is 443 g/mol. The number of benzene rings is 1. The molecule has 3 heterocycles. The number of anilines is 2. The number of aromatic nitrogens is 3. The van der Waals surface area contributed by atoms with Crippen LogP contribution in [0.1, 0.15) is 35.5 Å². The summed E-state index contributed by atoms with van der Waals surface area (Å²) in [5, 5.41) is 20.2. The molecule has 3 aromatic rings. The molecule has 4 rings (SSSR count). The van der Waals surface area contributed by atoms with Crippen LogP contribution < -0.4 is 10.2 Å². The topological polar surface area (TPSA) is 104 Å². The summed E-state index contributed by atoms with van der Waals surface area (Å²) in [7, 11) is 0. The number of nitriles is 1. The first-order valence-electron chi connectivity index (χ1n) is 10.8. The lowest BCUT2D eigenvalue weighted by Gasteiger charge is -2.28. The standard InChI is InChI=1S/C25H26N6O2/c1-17-4-5-20(29-24(32)19-12-22(30-28-15-19)25(2,3)16-26)14-21(17)18-6-7-27-23(13-18)31-8-10-33-11-9-31/h4-7,12-15H,8-11H2,1-3H3,(H,29,32). The fourth-order valence-corrected chi connectivity index (χ4v) is 3.62. The summed E-state index contributed by atoms with van der Waals surface area (Å²) in [5.74, 6) is 0.610. The van der Waals surface area contributed by atoms with Gasteiger partial charge < -0.3 is 15.0 Å². The average Bonchev–Trinajstić information content (AvgIpc) is 2.86. The van der Waals surface area contributed by atoms with Crippen LogP contribution in [0.5, 0.6) is 0 Å². The number of carbonyl (C=O) groups is 1. The van der Waals surface area contributed by atoms with Crippen molar-refractivity contribution >= 4 is 17.4 Å². The fraction of sp³-hybridized carbons (Fsp3) is 0.320. The number of amides is 1. The normalized spacial score (nSPS) is 13.9. The van der Waals surface area contributed by atoms with Crippen molar-refractivity contribution in [3.8, 4) is 17.2 Å². The second-order valence-corrected chi connectivity index (χ2v) is 8.55. The van der Waals surface area contributed by atoms with Crippen LogP contribution in [0, 0.1) is 18.3 Å². The van der Waals surface area contributed by atoms with E-state index in [4.69, 9.17) is 4.74 Å². The summed E-state index contributed by atoms with van der Waals surface area (Å²) in [5.41, 5.74) is 3.78. The van der Waals surface area contributed by atoms with E-state index in [0.29, 0.717) is 30.2 Å². The summed E-state index contributed by atoms with van der Waals surface area (Å²) in [6.45, 7) is 8.55. The van der Waals surface area contributed by atoms with Crippen LogP contribution >= 0.6 is 0 Å². The van der Waals surface area contributed by atoms with Gasteiger partial charge in [0, 0.05) is 25.0 Å². The molecule has 1 fully saturated rings. The lowest BCUT2D eigenvalue weighted by molar-refractivity contribution is 0.102. The van der Waals surface area contributed by atoms with Crippen molar-refractivity contribution in [1.29, 1.82) is 5.26 Å². The zero-order valence-corrected chi connectivity index (χ0v) is 19.0. The van der Waals surface area contributed by atoms with Crippen LogP contribution in [-0.2, 0) is 10.2 Å². The van der Waals surface area contributed by atoms with Crippen molar-refractivity contribution in [2.45, 2.75) is 26.2 Å². The Bertz CT molecular complexity index is 1210. The van der Waals surface area contributed by atoms with E-state index < -0.39 is 5.41 Å². The van der Waals surface area contributed by atoms with E-state index in [9.17, 15) is 10.1 Å². The van der Waals surface area contributed by atoms with E-state index in [1.165, 1.54) is 6.20 Å². The molecule has 8 heteroatoms. The first-order valence-corrected chi connectivity index (χ1v) is 10.8. The zero-order valence-electron chi connectivity index (χ0n) is 19.0. The second kappa shape index (κ2) is 9.35. The molecule has 0 unspecified atom stereocenters. The van der Waals surface area contributed by atoms with Gasteiger partial charge in [0.2, 0.25) is 0 Å². The van der Waals surface area contributed by atoms with Crippen LogP contribution in [0.25, 0.3) is 11.1 Å². The van der Waals surface area contributed by atoms with Crippen LogP contribution in [-0.4, -0.2) is 47.4 Å². The Morgan fingerprint density at radius 1 is 1.18 bits per heavy atom. The summed E-state index contributed by atoms with van der Waals surface area (Å²) in [4.78, 5) is 19.6. The number of ether oxygens (including phenoxy) is 1. The van der Waals surface area contributed by atoms with E-state index in [1.54, 1.807) is 19.9 Å². The Morgan fingerprint density at radius 3 is 2.73 bits per heavy atom. The van der Waals surface area contributed by atoms with Gasteiger partial charge in [0.25, 0.3) is 5.91 Å². The maximum absolute atomic E-state index is 12.9. The Morgan fingerprint density at radius 2 is 1.97 bits per heavy atom. The number of morpholine rings is 1. The summed E-state index contributed by atoms with van der Waals surface area (Å²) in [6, 6.07) is 13.6. The monoisotopic (exact) mass is 442 g/mol. The zero-order chi connectivity index (χ0) is 23.4. The van der Waals surface area contributed by atoms with Crippen LogP contribution in [0.15, 0.2) is 48.8 Å². The minimum absolute atomic E-state index is 0.307. The maximum atomic E-state index is 12.9. The van der Waals surface area contributed by atoms with E-state index in [2.05, 4.69) is 37.5 Å². The third kappa shape index (κ3) is 4.99. The Labute approximate surface area is 193 Å².